The topological polar surface area (TPSA) is 40.6 Å². The quantitative estimate of drug-likeness (QED) is 0.771. The highest BCUT2D eigenvalue weighted by atomic mass is 35.5. The van der Waals surface area contributed by atoms with Gasteiger partial charge in [-0.3, -0.25) is 4.90 Å². The lowest BCUT2D eigenvalue weighted by atomic mass is 10.2. The van der Waals surface area contributed by atoms with E-state index in [0.717, 1.165) is 26.2 Å². The molecule has 1 heterocycles. The summed E-state index contributed by atoms with van der Waals surface area (Å²) >= 11 is 11.9. The summed E-state index contributed by atoms with van der Waals surface area (Å²) in [4.78, 5) is 4.61. The van der Waals surface area contributed by atoms with Gasteiger partial charge in [0.1, 0.15) is 0 Å². The zero-order valence-corrected chi connectivity index (χ0v) is 16.1. The van der Waals surface area contributed by atoms with Gasteiger partial charge in [0.25, 0.3) is 0 Å². The Bertz CT molecular complexity index is 820. The minimum absolute atomic E-state index is 0.0401. The lowest BCUT2D eigenvalue weighted by Gasteiger charge is -2.36. The van der Waals surface area contributed by atoms with Gasteiger partial charge >= 0.3 is 0 Å². The molecule has 3 rings (SSSR count). The molecule has 0 aromatic heterocycles. The van der Waals surface area contributed by atoms with Crippen LogP contribution in [0.1, 0.15) is 0 Å². The minimum Gasteiger partial charge on any atom is -0.369 e. The first-order valence-electron chi connectivity index (χ1n) is 8.16. The molecule has 2 aromatic rings. The van der Waals surface area contributed by atoms with E-state index in [-0.39, 0.29) is 15.7 Å². The summed E-state index contributed by atoms with van der Waals surface area (Å²) in [5.74, 6) is 0.0401. The zero-order chi connectivity index (χ0) is 17.9. The molecule has 7 heteroatoms. The first-order valence-corrected chi connectivity index (χ1v) is 10.6. The van der Waals surface area contributed by atoms with Gasteiger partial charge in [-0.2, -0.15) is 0 Å². The molecule has 2 aromatic carbocycles. The predicted molar refractivity (Wildman–Crippen MR) is 104 cm³/mol. The number of hydrogen-bond donors (Lipinski definition) is 0. The molecule has 0 amide bonds. The van der Waals surface area contributed by atoms with E-state index in [9.17, 15) is 8.42 Å². The fourth-order valence-electron chi connectivity index (χ4n) is 2.94. The molecule has 0 N–H and O–H groups in total. The summed E-state index contributed by atoms with van der Waals surface area (Å²) < 4.78 is 25.1. The molecule has 4 nitrogen and oxygen atoms in total. The van der Waals surface area contributed by atoms with Crippen LogP contribution in [-0.4, -0.2) is 51.8 Å². The molecule has 0 atom stereocenters. The molecule has 1 aliphatic rings. The molecular weight excluding hydrogens is 379 g/mol. The Labute approximate surface area is 158 Å². The third-order valence-electron chi connectivity index (χ3n) is 4.40. The van der Waals surface area contributed by atoms with Crippen LogP contribution in [0.2, 0.25) is 10.0 Å². The summed E-state index contributed by atoms with van der Waals surface area (Å²) in [6.45, 7) is 3.96. The third-order valence-corrected chi connectivity index (χ3v) is 6.80. The number of benzene rings is 2. The SMILES string of the molecule is O=S(=O)(CCN1CCN(c2ccccc2)CC1)c1cc(Cl)ccc1Cl. The van der Waals surface area contributed by atoms with Crippen LogP contribution in [0, 0.1) is 0 Å². The normalized spacial score (nSPS) is 16.2. The van der Waals surface area contributed by atoms with E-state index in [1.807, 2.05) is 18.2 Å². The van der Waals surface area contributed by atoms with E-state index in [1.54, 1.807) is 6.07 Å². The maximum atomic E-state index is 12.6. The maximum Gasteiger partial charge on any atom is 0.181 e. The first kappa shape index (κ1) is 18.5. The maximum absolute atomic E-state index is 12.6. The number of piperazine rings is 1. The van der Waals surface area contributed by atoms with Crippen molar-refractivity contribution in [3.63, 3.8) is 0 Å². The van der Waals surface area contributed by atoms with Crippen LogP contribution in [0.3, 0.4) is 0 Å². The van der Waals surface area contributed by atoms with Gasteiger partial charge in [0, 0.05) is 43.4 Å². The molecule has 1 aliphatic heterocycles. The molecule has 0 saturated carbocycles. The molecule has 0 spiro atoms. The highest BCUT2D eigenvalue weighted by Crippen LogP contribution is 2.26. The summed E-state index contributed by atoms with van der Waals surface area (Å²) in [5, 5.41) is 0.595. The summed E-state index contributed by atoms with van der Waals surface area (Å²) in [5.41, 5.74) is 1.21. The van der Waals surface area contributed by atoms with Crippen molar-refractivity contribution in [2.45, 2.75) is 4.90 Å². The van der Waals surface area contributed by atoms with Crippen molar-refractivity contribution in [2.75, 3.05) is 43.4 Å². The third kappa shape index (κ3) is 4.67. The van der Waals surface area contributed by atoms with Gasteiger partial charge in [-0.25, -0.2) is 8.42 Å². The van der Waals surface area contributed by atoms with Gasteiger partial charge in [0.15, 0.2) is 9.84 Å². The molecule has 0 aliphatic carbocycles. The number of para-hydroxylation sites is 1. The zero-order valence-electron chi connectivity index (χ0n) is 13.7. The van der Waals surface area contributed by atoms with Crippen molar-refractivity contribution < 1.29 is 8.42 Å². The Morgan fingerprint density at radius 2 is 1.60 bits per heavy atom. The predicted octanol–water partition coefficient (Wildman–Crippen LogP) is 3.59. The molecule has 134 valence electrons. The van der Waals surface area contributed by atoms with Gasteiger partial charge in [-0.1, -0.05) is 41.4 Å². The van der Waals surface area contributed by atoms with Gasteiger partial charge in [-0.05, 0) is 30.3 Å². The Morgan fingerprint density at radius 3 is 2.28 bits per heavy atom. The molecule has 1 saturated heterocycles. The Balaban J connectivity index is 1.57. The van der Waals surface area contributed by atoms with E-state index in [0.29, 0.717) is 11.6 Å². The molecular formula is C18H20Cl2N2O2S. The van der Waals surface area contributed by atoms with Gasteiger partial charge in [-0.15, -0.1) is 0 Å². The molecule has 25 heavy (non-hydrogen) atoms. The van der Waals surface area contributed by atoms with Gasteiger partial charge in [0.05, 0.1) is 15.7 Å². The lowest BCUT2D eigenvalue weighted by molar-refractivity contribution is 0.272. The van der Waals surface area contributed by atoms with Crippen molar-refractivity contribution >= 4 is 38.7 Å². The average molecular weight is 399 g/mol. The number of sulfone groups is 1. The minimum atomic E-state index is -3.45. The van der Waals surface area contributed by atoms with Crippen molar-refractivity contribution in [2.24, 2.45) is 0 Å². The second-order valence-corrected chi connectivity index (χ2v) is 8.98. The van der Waals surface area contributed by atoms with Crippen LogP contribution >= 0.6 is 23.2 Å². The fourth-order valence-corrected chi connectivity index (χ4v) is 5.04. The second-order valence-electron chi connectivity index (χ2n) is 6.06. The Hall–Kier alpha value is -1.27. The summed E-state index contributed by atoms with van der Waals surface area (Å²) in [7, 11) is -3.45. The standard InChI is InChI=1S/C18H20Cl2N2O2S/c19-15-6-7-17(20)18(14-15)25(23,24)13-12-21-8-10-22(11-9-21)16-4-2-1-3-5-16/h1-7,14H,8-13H2. The molecule has 0 radical (unpaired) electrons. The highest BCUT2D eigenvalue weighted by molar-refractivity contribution is 7.91. The van der Waals surface area contributed by atoms with Crippen molar-refractivity contribution in [3.8, 4) is 0 Å². The van der Waals surface area contributed by atoms with E-state index in [1.165, 1.54) is 17.8 Å². The van der Waals surface area contributed by atoms with Crippen molar-refractivity contribution in [1.29, 1.82) is 0 Å². The Morgan fingerprint density at radius 1 is 0.920 bits per heavy atom. The Kier molecular flexibility index (Phi) is 5.89. The van der Waals surface area contributed by atoms with Crippen LogP contribution in [0.15, 0.2) is 53.4 Å². The average Bonchev–Trinajstić information content (AvgIpc) is 2.63. The number of rotatable bonds is 5. The molecule has 0 unspecified atom stereocenters. The largest absolute Gasteiger partial charge is 0.369 e. The van der Waals surface area contributed by atoms with Crippen LogP contribution in [0.4, 0.5) is 5.69 Å². The van der Waals surface area contributed by atoms with E-state index < -0.39 is 9.84 Å². The smallest absolute Gasteiger partial charge is 0.181 e. The molecule has 0 bridgehead atoms. The van der Waals surface area contributed by atoms with E-state index in [4.69, 9.17) is 23.2 Å². The second kappa shape index (κ2) is 7.96. The number of halogens is 2. The van der Waals surface area contributed by atoms with Gasteiger partial charge in [0.2, 0.25) is 0 Å². The van der Waals surface area contributed by atoms with Crippen LogP contribution in [0.5, 0.6) is 0 Å². The first-order chi connectivity index (χ1) is 12.0. The molecule has 1 fully saturated rings. The lowest BCUT2D eigenvalue weighted by Crippen LogP contribution is -2.47. The number of anilines is 1. The summed E-state index contributed by atoms with van der Waals surface area (Å²) in [6, 6.07) is 14.8. The monoisotopic (exact) mass is 398 g/mol. The van der Waals surface area contributed by atoms with E-state index in [2.05, 4.69) is 21.9 Å². The van der Waals surface area contributed by atoms with Crippen LogP contribution < -0.4 is 4.90 Å². The number of nitrogens with zero attached hydrogens (tertiary/aromatic N) is 2. The fraction of sp³-hybridized carbons (Fsp3) is 0.333. The summed E-state index contributed by atoms with van der Waals surface area (Å²) in [6.07, 6.45) is 0. The van der Waals surface area contributed by atoms with Crippen molar-refractivity contribution in [1.82, 2.24) is 4.90 Å². The number of hydrogen-bond acceptors (Lipinski definition) is 4. The highest BCUT2D eigenvalue weighted by Gasteiger charge is 2.22. The van der Waals surface area contributed by atoms with Gasteiger partial charge < -0.3 is 4.90 Å². The van der Waals surface area contributed by atoms with Crippen LogP contribution in [0.25, 0.3) is 0 Å². The van der Waals surface area contributed by atoms with Crippen LogP contribution in [-0.2, 0) is 9.84 Å². The van der Waals surface area contributed by atoms with Crippen molar-refractivity contribution in [3.05, 3.63) is 58.6 Å². The van der Waals surface area contributed by atoms with E-state index >= 15 is 0 Å².